The van der Waals surface area contributed by atoms with Crippen molar-refractivity contribution in [3.8, 4) is 6.07 Å². The minimum atomic E-state index is -0.675. The Balaban J connectivity index is 1.58. The molecule has 1 fully saturated rings. The highest BCUT2D eigenvalue weighted by atomic mass is 32.2. The van der Waals surface area contributed by atoms with Crippen LogP contribution >= 0.6 is 11.8 Å². The highest BCUT2D eigenvalue weighted by molar-refractivity contribution is 7.99. The van der Waals surface area contributed by atoms with Gasteiger partial charge in [0.2, 0.25) is 5.91 Å². The van der Waals surface area contributed by atoms with Crippen LogP contribution in [0.4, 0.5) is 5.69 Å². The Hall–Kier alpha value is -3.84. The molecule has 0 aliphatic carbocycles. The van der Waals surface area contributed by atoms with Crippen LogP contribution in [-0.2, 0) is 11.3 Å². The first-order chi connectivity index (χ1) is 15.4. The van der Waals surface area contributed by atoms with Crippen molar-refractivity contribution in [2.75, 3.05) is 16.9 Å². The average Bonchev–Trinajstić information content (AvgIpc) is 3.29. The number of anilines is 1. The topological polar surface area (TPSA) is 128 Å². The number of benzene rings is 2. The van der Waals surface area contributed by atoms with Crippen LogP contribution < -0.4 is 16.6 Å². The number of hydrogen-bond acceptors (Lipinski definition) is 6. The van der Waals surface area contributed by atoms with E-state index < -0.39 is 17.3 Å². The average molecular weight is 449 g/mol. The second kappa shape index (κ2) is 8.72. The number of fused-ring (bicyclic) bond motifs is 1. The third-order valence-corrected chi connectivity index (χ3v) is 6.28. The maximum Gasteiger partial charge on any atom is 0.328 e. The summed E-state index contributed by atoms with van der Waals surface area (Å²) in [5.41, 5.74) is 0.624. The second-order valence-corrected chi connectivity index (χ2v) is 8.21. The molecule has 1 unspecified atom stereocenters. The number of H-pyrrole nitrogens is 1. The third kappa shape index (κ3) is 3.90. The molecule has 10 heteroatoms. The van der Waals surface area contributed by atoms with E-state index >= 15 is 0 Å². The summed E-state index contributed by atoms with van der Waals surface area (Å²) >= 11 is 1.46. The van der Waals surface area contributed by atoms with Crippen LogP contribution in [0.15, 0.2) is 52.1 Å². The van der Waals surface area contributed by atoms with Crippen LogP contribution in [0.25, 0.3) is 10.9 Å². The van der Waals surface area contributed by atoms with Gasteiger partial charge in [0.25, 0.3) is 11.5 Å². The van der Waals surface area contributed by atoms with Gasteiger partial charge in [-0.15, -0.1) is 11.8 Å². The van der Waals surface area contributed by atoms with Crippen LogP contribution in [0.3, 0.4) is 0 Å². The van der Waals surface area contributed by atoms with Crippen molar-refractivity contribution in [1.82, 2.24) is 14.5 Å². The minimum absolute atomic E-state index is 0.242. The Morgan fingerprint density at radius 1 is 1.22 bits per heavy atom. The Morgan fingerprint density at radius 2 is 1.97 bits per heavy atom. The fourth-order valence-electron chi connectivity index (χ4n) is 3.55. The van der Waals surface area contributed by atoms with E-state index in [1.807, 2.05) is 6.07 Å². The van der Waals surface area contributed by atoms with Crippen LogP contribution in [0, 0.1) is 11.3 Å². The lowest BCUT2D eigenvalue weighted by molar-refractivity contribution is -0.119. The zero-order valence-corrected chi connectivity index (χ0v) is 17.9. The largest absolute Gasteiger partial charge is 0.328 e. The van der Waals surface area contributed by atoms with Crippen LogP contribution in [0.2, 0.25) is 0 Å². The van der Waals surface area contributed by atoms with Gasteiger partial charge in [-0.3, -0.25) is 19.0 Å². The summed E-state index contributed by atoms with van der Waals surface area (Å²) in [6, 6.07) is 12.3. The molecule has 0 spiro atoms. The maximum atomic E-state index is 13.2. The van der Waals surface area contributed by atoms with E-state index in [1.165, 1.54) is 34.9 Å². The summed E-state index contributed by atoms with van der Waals surface area (Å²) in [5.74, 6) is 0.0981. The Kier molecular flexibility index (Phi) is 5.83. The van der Waals surface area contributed by atoms with E-state index in [9.17, 15) is 19.2 Å². The highest BCUT2D eigenvalue weighted by Crippen LogP contribution is 2.25. The molecule has 32 heavy (non-hydrogen) atoms. The Bertz CT molecular complexity index is 1370. The number of amides is 2. The molecule has 1 aliphatic heterocycles. The number of nitriles is 1. The zero-order valence-electron chi connectivity index (χ0n) is 17.1. The van der Waals surface area contributed by atoms with Crippen molar-refractivity contribution >= 4 is 40.2 Å². The first-order valence-electron chi connectivity index (χ1n) is 9.89. The van der Waals surface area contributed by atoms with Gasteiger partial charge in [0, 0.05) is 23.5 Å². The number of carbonyl (C=O) groups is 2. The molecular formula is C22H19N5O4S. The van der Waals surface area contributed by atoms with Crippen molar-refractivity contribution in [3.05, 3.63) is 74.4 Å². The van der Waals surface area contributed by atoms with Crippen molar-refractivity contribution in [3.63, 3.8) is 0 Å². The van der Waals surface area contributed by atoms with Gasteiger partial charge in [0.15, 0.2) is 0 Å². The van der Waals surface area contributed by atoms with Crippen molar-refractivity contribution in [2.45, 2.75) is 19.5 Å². The summed E-state index contributed by atoms with van der Waals surface area (Å²) in [7, 11) is 0. The molecule has 1 aromatic heterocycles. The van der Waals surface area contributed by atoms with Crippen LogP contribution in [-0.4, -0.2) is 43.9 Å². The lowest BCUT2D eigenvalue weighted by atomic mass is 10.1. The van der Waals surface area contributed by atoms with Gasteiger partial charge >= 0.3 is 5.69 Å². The van der Waals surface area contributed by atoms with Gasteiger partial charge in [0.1, 0.15) is 6.04 Å². The number of thioether (sulfide) groups is 1. The number of carbonyl (C=O) groups excluding carboxylic acids is 2. The van der Waals surface area contributed by atoms with E-state index in [2.05, 4.69) is 10.3 Å². The molecule has 2 N–H and O–H groups in total. The Morgan fingerprint density at radius 3 is 2.66 bits per heavy atom. The van der Waals surface area contributed by atoms with E-state index in [0.29, 0.717) is 28.3 Å². The second-order valence-electron chi connectivity index (χ2n) is 7.21. The number of aromatic nitrogens is 2. The van der Waals surface area contributed by atoms with Gasteiger partial charge in [-0.1, -0.05) is 0 Å². The van der Waals surface area contributed by atoms with E-state index in [0.717, 1.165) is 4.57 Å². The molecule has 9 nitrogen and oxygen atoms in total. The minimum Gasteiger partial charge on any atom is -0.324 e. The fourth-order valence-corrected chi connectivity index (χ4v) is 4.71. The van der Waals surface area contributed by atoms with Crippen LogP contribution in [0.1, 0.15) is 22.8 Å². The number of rotatable bonds is 4. The maximum absolute atomic E-state index is 13.2. The number of aromatic amines is 1. The van der Waals surface area contributed by atoms with Crippen molar-refractivity contribution in [1.29, 1.82) is 5.26 Å². The van der Waals surface area contributed by atoms with Crippen molar-refractivity contribution in [2.24, 2.45) is 0 Å². The Labute approximate surface area is 186 Å². The molecule has 0 radical (unpaired) electrons. The molecule has 4 rings (SSSR count). The normalized spacial score (nSPS) is 15.5. The van der Waals surface area contributed by atoms with Gasteiger partial charge in [-0.05, 0) is 49.4 Å². The van der Waals surface area contributed by atoms with E-state index in [-0.39, 0.29) is 29.4 Å². The van der Waals surface area contributed by atoms with E-state index in [1.54, 1.807) is 31.2 Å². The molecule has 1 saturated heterocycles. The van der Waals surface area contributed by atoms with Gasteiger partial charge < -0.3 is 15.2 Å². The standard InChI is InChI=1S/C22H19N5O4S/c1-2-26-21(30)16-8-5-14(9-17(16)25-22(26)31)20(29)27-12-32-11-18(27)19(28)24-15-6-3-13(10-23)4-7-15/h3-9,18H,2,11-12H2,1H3,(H,24,28)(H,25,31). The molecule has 0 bridgehead atoms. The number of hydrogen-bond donors (Lipinski definition) is 2. The first kappa shape index (κ1) is 21.4. The highest BCUT2D eigenvalue weighted by Gasteiger charge is 2.35. The SMILES string of the molecule is CCn1c(=O)[nH]c2cc(C(=O)N3CSCC3C(=O)Nc3ccc(C#N)cc3)ccc2c1=O. The summed E-state index contributed by atoms with van der Waals surface area (Å²) in [4.78, 5) is 54.6. The molecule has 3 aromatic rings. The van der Waals surface area contributed by atoms with Crippen molar-refractivity contribution < 1.29 is 9.59 Å². The molecule has 2 aromatic carbocycles. The monoisotopic (exact) mass is 449 g/mol. The predicted octanol–water partition coefficient (Wildman–Crippen LogP) is 1.74. The lowest BCUT2D eigenvalue weighted by Gasteiger charge is -2.23. The van der Waals surface area contributed by atoms with Crippen LogP contribution in [0.5, 0.6) is 0 Å². The summed E-state index contributed by atoms with van der Waals surface area (Å²) in [6.45, 7) is 1.94. The molecule has 2 amide bonds. The summed E-state index contributed by atoms with van der Waals surface area (Å²) < 4.78 is 1.09. The fraction of sp³-hybridized carbons (Fsp3) is 0.227. The van der Waals surface area contributed by atoms with Gasteiger partial charge in [-0.25, -0.2) is 4.79 Å². The molecule has 0 saturated carbocycles. The molecular weight excluding hydrogens is 430 g/mol. The molecule has 1 aliphatic rings. The smallest absolute Gasteiger partial charge is 0.324 e. The molecule has 162 valence electrons. The lowest BCUT2D eigenvalue weighted by Crippen LogP contribution is -2.44. The molecule has 2 heterocycles. The third-order valence-electron chi connectivity index (χ3n) is 5.27. The number of nitrogens with zero attached hydrogens (tertiary/aromatic N) is 3. The van der Waals surface area contributed by atoms with Gasteiger partial charge in [0.05, 0.1) is 28.4 Å². The number of nitrogens with one attached hydrogen (secondary N) is 2. The summed E-state index contributed by atoms with van der Waals surface area (Å²) in [5, 5.41) is 12.0. The molecule has 1 atom stereocenters. The summed E-state index contributed by atoms with van der Waals surface area (Å²) in [6.07, 6.45) is 0. The zero-order chi connectivity index (χ0) is 22.8. The van der Waals surface area contributed by atoms with E-state index in [4.69, 9.17) is 5.26 Å². The predicted molar refractivity (Wildman–Crippen MR) is 122 cm³/mol. The quantitative estimate of drug-likeness (QED) is 0.624. The van der Waals surface area contributed by atoms with Gasteiger partial charge in [-0.2, -0.15) is 5.26 Å². The first-order valence-corrected chi connectivity index (χ1v) is 11.0.